The number of hydrogen-bond donors (Lipinski definition) is 1. The molecule has 0 unspecified atom stereocenters. The van der Waals surface area contributed by atoms with E-state index in [0.29, 0.717) is 23.7 Å². The summed E-state index contributed by atoms with van der Waals surface area (Å²) in [5, 5.41) is 4.51. The third-order valence-corrected chi connectivity index (χ3v) is 4.49. The average Bonchev–Trinajstić information content (AvgIpc) is 3.23. The van der Waals surface area contributed by atoms with E-state index < -0.39 is 5.91 Å². The van der Waals surface area contributed by atoms with Crippen molar-refractivity contribution in [3.05, 3.63) is 57.5 Å². The molecule has 1 amide bonds. The predicted molar refractivity (Wildman–Crippen MR) is 87.9 cm³/mol. The summed E-state index contributed by atoms with van der Waals surface area (Å²) in [6.07, 6.45) is 3.56. The lowest BCUT2D eigenvalue weighted by atomic mass is 10.1. The van der Waals surface area contributed by atoms with E-state index in [1.165, 1.54) is 21.9 Å². The van der Waals surface area contributed by atoms with Crippen LogP contribution in [0.5, 0.6) is 11.5 Å². The summed E-state index contributed by atoms with van der Waals surface area (Å²) < 4.78 is 12.0. The Balaban J connectivity index is 1.42. The highest BCUT2D eigenvalue weighted by Crippen LogP contribution is 2.32. The van der Waals surface area contributed by atoms with Crippen LogP contribution in [0.4, 0.5) is 0 Å². The Kier molecular flexibility index (Phi) is 3.66. The Hall–Kier alpha value is -2.87. The number of thiazole rings is 1. The molecule has 3 heterocycles. The van der Waals surface area contributed by atoms with Gasteiger partial charge in [0.15, 0.2) is 16.5 Å². The molecule has 0 aliphatic carbocycles. The van der Waals surface area contributed by atoms with E-state index in [4.69, 9.17) is 9.47 Å². The standard InChI is InChI=1S/C16H13N3O4S/c20-14(11-8-18-16-19(15(11)21)5-6-24-16)17-4-3-10-1-2-12-13(7-10)23-9-22-12/h1-2,5-8H,3-4,9H2,(H,17,20). The number of rotatable bonds is 4. The van der Waals surface area contributed by atoms with Crippen LogP contribution in [-0.2, 0) is 6.42 Å². The number of aromatic nitrogens is 2. The highest BCUT2D eigenvalue weighted by atomic mass is 32.1. The molecule has 0 radical (unpaired) electrons. The number of carbonyl (C=O) groups is 1. The van der Waals surface area contributed by atoms with Gasteiger partial charge < -0.3 is 14.8 Å². The van der Waals surface area contributed by atoms with Gasteiger partial charge in [-0.05, 0) is 24.1 Å². The summed E-state index contributed by atoms with van der Waals surface area (Å²) in [4.78, 5) is 29.1. The number of amides is 1. The van der Waals surface area contributed by atoms with Gasteiger partial charge in [0.05, 0.1) is 0 Å². The van der Waals surface area contributed by atoms with Gasteiger partial charge in [0, 0.05) is 24.3 Å². The van der Waals surface area contributed by atoms with Gasteiger partial charge in [-0.1, -0.05) is 6.07 Å². The average molecular weight is 343 g/mol. The molecule has 1 aliphatic heterocycles. The summed E-state index contributed by atoms with van der Waals surface area (Å²) >= 11 is 1.34. The summed E-state index contributed by atoms with van der Waals surface area (Å²) in [6, 6.07) is 5.66. The Bertz CT molecular complexity index is 979. The molecule has 122 valence electrons. The van der Waals surface area contributed by atoms with E-state index in [2.05, 4.69) is 10.3 Å². The Morgan fingerprint density at radius 2 is 2.21 bits per heavy atom. The first kappa shape index (κ1) is 14.7. The van der Waals surface area contributed by atoms with E-state index in [1.54, 1.807) is 11.6 Å². The first-order chi connectivity index (χ1) is 11.7. The lowest BCUT2D eigenvalue weighted by Gasteiger charge is -2.06. The van der Waals surface area contributed by atoms with E-state index >= 15 is 0 Å². The van der Waals surface area contributed by atoms with Crippen molar-refractivity contribution in [2.24, 2.45) is 0 Å². The number of fused-ring (bicyclic) bond motifs is 2. The zero-order valence-electron chi connectivity index (χ0n) is 12.5. The van der Waals surface area contributed by atoms with Gasteiger partial charge >= 0.3 is 0 Å². The second kappa shape index (κ2) is 5.97. The number of carbonyl (C=O) groups excluding carboxylic acids is 1. The van der Waals surface area contributed by atoms with Crippen LogP contribution in [0.25, 0.3) is 4.96 Å². The van der Waals surface area contributed by atoms with Crippen molar-refractivity contribution in [2.75, 3.05) is 13.3 Å². The molecule has 0 spiro atoms. The fourth-order valence-corrected chi connectivity index (χ4v) is 3.17. The quantitative estimate of drug-likeness (QED) is 0.775. The maximum atomic E-state index is 12.2. The summed E-state index contributed by atoms with van der Waals surface area (Å²) in [5.41, 5.74) is 0.695. The zero-order valence-corrected chi connectivity index (χ0v) is 13.3. The molecule has 1 N–H and O–H groups in total. The van der Waals surface area contributed by atoms with Crippen LogP contribution in [0.2, 0.25) is 0 Å². The molecule has 7 nitrogen and oxygen atoms in total. The lowest BCUT2D eigenvalue weighted by Crippen LogP contribution is -2.32. The van der Waals surface area contributed by atoms with Gasteiger partial charge in [-0.2, -0.15) is 0 Å². The molecule has 2 aromatic heterocycles. The molecule has 0 saturated carbocycles. The van der Waals surface area contributed by atoms with Gasteiger partial charge in [0.2, 0.25) is 6.79 Å². The van der Waals surface area contributed by atoms with Crippen LogP contribution in [0, 0.1) is 0 Å². The topological polar surface area (TPSA) is 81.9 Å². The van der Waals surface area contributed by atoms with Gasteiger partial charge in [0.1, 0.15) is 5.56 Å². The van der Waals surface area contributed by atoms with E-state index in [1.807, 2.05) is 18.2 Å². The van der Waals surface area contributed by atoms with E-state index in [-0.39, 0.29) is 17.9 Å². The molecular formula is C16H13N3O4S. The third-order valence-electron chi connectivity index (χ3n) is 3.72. The normalized spacial score (nSPS) is 12.5. The maximum absolute atomic E-state index is 12.2. The van der Waals surface area contributed by atoms with Gasteiger partial charge in [-0.25, -0.2) is 4.98 Å². The molecule has 24 heavy (non-hydrogen) atoms. The van der Waals surface area contributed by atoms with Crippen molar-refractivity contribution in [1.29, 1.82) is 0 Å². The van der Waals surface area contributed by atoms with Crippen LogP contribution in [0.3, 0.4) is 0 Å². The number of hydrogen-bond acceptors (Lipinski definition) is 6. The molecule has 0 saturated heterocycles. The third kappa shape index (κ3) is 2.61. The van der Waals surface area contributed by atoms with E-state index in [9.17, 15) is 9.59 Å². The second-order valence-corrected chi connectivity index (χ2v) is 6.10. The first-order valence-corrected chi connectivity index (χ1v) is 8.22. The lowest BCUT2D eigenvalue weighted by molar-refractivity contribution is 0.0952. The van der Waals surface area contributed by atoms with Crippen LogP contribution >= 0.6 is 11.3 Å². The highest BCUT2D eigenvalue weighted by Gasteiger charge is 2.15. The largest absolute Gasteiger partial charge is 0.454 e. The monoisotopic (exact) mass is 343 g/mol. The van der Waals surface area contributed by atoms with Crippen molar-refractivity contribution >= 4 is 22.2 Å². The van der Waals surface area contributed by atoms with Crippen molar-refractivity contribution in [2.45, 2.75) is 6.42 Å². The minimum Gasteiger partial charge on any atom is -0.454 e. The molecule has 0 bridgehead atoms. The Morgan fingerprint density at radius 1 is 1.33 bits per heavy atom. The molecule has 8 heteroatoms. The fraction of sp³-hybridized carbons (Fsp3) is 0.188. The first-order valence-electron chi connectivity index (χ1n) is 7.34. The van der Waals surface area contributed by atoms with Gasteiger partial charge in [-0.15, -0.1) is 11.3 Å². The number of benzene rings is 1. The van der Waals surface area contributed by atoms with Crippen molar-refractivity contribution in [3.63, 3.8) is 0 Å². The van der Waals surface area contributed by atoms with Crippen LogP contribution in [-0.4, -0.2) is 28.6 Å². The second-order valence-electron chi connectivity index (χ2n) is 5.23. The SMILES string of the molecule is O=C(NCCc1ccc2c(c1)OCO2)c1cnc2sccn2c1=O. The Morgan fingerprint density at radius 3 is 3.12 bits per heavy atom. The number of ether oxygens (including phenoxy) is 2. The van der Waals surface area contributed by atoms with Crippen molar-refractivity contribution in [1.82, 2.24) is 14.7 Å². The minimum absolute atomic E-state index is 0.0385. The zero-order chi connectivity index (χ0) is 16.5. The number of nitrogens with zero attached hydrogens (tertiary/aromatic N) is 2. The van der Waals surface area contributed by atoms with Crippen molar-refractivity contribution in [3.8, 4) is 11.5 Å². The molecular weight excluding hydrogens is 330 g/mol. The Labute approximate surface area is 140 Å². The van der Waals surface area contributed by atoms with Crippen LogP contribution < -0.4 is 20.3 Å². The smallest absolute Gasteiger partial charge is 0.271 e. The summed E-state index contributed by atoms with van der Waals surface area (Å²) in [6.45, 7) is 0.641. The number of nitrogens with one attached hydrogen (secondary N) is 1. The predicted octanol–water partition coefficient (Wildman–Crippen LogP) is 1.46. The molecule has 4 rings (SSSR count). The van der Waals surface area contributed by atoms with E-state index in [0.717, 1.165) is 11.3 Å². The van der Waals surface area contributed by atoms with Crippen molar-refractivity contribution < 1.29 is 14.3 Å². The molecule has 0 atom stereocenters. The molecule has 0 fully saturated rings. The molecule has 1 aromatic carbocycles. The van der Waals surface area contributed by atoms with Crippen LogP contribution in [0.1, 0.15) is 15.9 Å². The summed E-state index contributed by atoms with van der Waals surface area (Å²) in [7, 11) is 0. The van der Waals surface area contributed by atoms with Gasteiger partial charge in [-0.3, -0.25) is 14.0 Å². The van der Waals surface area contributed by atoms with Gasteiger partial charge in [0.25, 0.3) is 11.5 Å². The molecule has 1 aliphatic rings. The summed E-state index contributed by atoms with van der Waals surface area (Å²) in [5.74, 6) is 1.02. The minimum atomic E-state index is -0.422. The molecule has 3 aromatic rings. The van der Waals surface area contributed by atoms with Crippen LogP contribution in [0.15, 0.2) is 40.8 Å². The highest BCUT2D eigenvalue weighted by molar-refractivity contribution is 7.15. The maximum Gasteiger partial charge on any atom is 0.271 e. The fourth-order valence-electron chi connectivity index (χ4n) is 2.49.